The van der Waals surface area contributed by atoms with Crippen LogP contribution in [-0.2, 0) is 19.1 Å². The van der Waals surface area contributed by atoms with Crippen molar-refractivity contribution in [2.45, 2.75) is 19.8 Å². The molecule has 0 bridgehead atoms. The maximum atomic E-state index is 13.1. The van der Waals surface area contributed by atoms with E-state index in [1.54, 1.807) is 24.0 Å². The quantitative estimate of drug-likeness (QED) is 0.573. The molecule has 3 rings (SSSR count). The van der Waals surface area contributed by atoms with Crippen LogP contribution in [0.15, 0.2) is 24.3 Å². The van der Waals surface area contributed by atoms with Gasteiger partial charge in [0.05, 0.1) is 12.5 Å². The van der Waals surface area contributed by atoms with Crippen molar-refractivity contribution in [2.24, 2.45) is 5.92 Å². The number of likely N-dealkylation sites (tertiary alicyclic amines) is 1. The van der Waals surface area contributed by atoms with Crippen molar-refractivity contribution >= 4 is 23.5 Å². The summed E-state index contributed by atoms with van der Waals surface area (Å²) in [4.78, 5) is 42.1. The molecule has 2 amide bonds. The third-order valence-electron chi connectivity index (χ3n) is 5.34. The van der Waals surface area contributed by atoms with E-state index >= 15 is 0 Å². The van der Waals surface area contributed by atoms with Crippen LogP contribution in [0.5, 0.6) is 0 Å². The van der Waals surface area contributed by atoms with E-state index in [4.69, 9.17) is 4.74 Å². The van der Waals surface area contributed by atoms with Gasteiger partial charge >= 0.3 is 17.8 Å². The molecular weight excluding hydrogens is 365 g/mol. The van der Waals surface area contributed by atoms with Gasteiger partial charge in [0, 0.05) is 45.0 Å². The van der Waals surface area contributed by atoms with Crippen molar-refractivity contribution in [3.05, 3.63) is 30.1 Å². The summed E-state index contributed by atoms with van der Waals surface area (Å²) in [6.45, 7) is 4.98. The summed E-state index contributed by atoms with van der Waals surface area (Å²) in [6, 6.07) is 6.25. The Kier molecular flexibility index (Phi) is 6.49. The Hall–Kier alpha value is -2.64. The number of esters is 1. The molecule has 0 aromatic heterocycles. The molecule has 2 heterocycles. The van der Waals surface area contributed by atoms with Crippen LogP contribution in [-0.4, -0.2) is 73.5 Å². The number of carbonyl (C=O) groups is 3. The molecule has 0 unspecified atom stereocenters. The topological polar surface area (TPSA) is 70.2 Å². The van der Waals surface area contributed by atoms with Gasteiger partial charge in [0.1, 0.15) is 5.82 Å². The average molecular weight is 391 g/mol. The number of amides is 2. The summed E-state index contributed by atoms with van der Waals surface area (Å²) >= 11 is 0. The molecule has 2 aliphatic rings. The SMILES string of the molecule is CCOC(=O)C1CCN(C(=O)C(=O)N2CCN(c3ccc(F)cc3)CC2)CC1. The molecule has 1 aromatic carbocycles. The first-order valence-electron chi connectivity index (χ1n) is 9.75. The Morgan fingerprint density at radius 2 is 1.46 bits per heavy atom. The Balaban J connectivity index is 1.48. The molecule has 0 spiro atoms. The predicted octanol–water partition coefficient (Wildman–Crippen LogP) is 1.28. The van der Waals surface area contributed by atoms with Crippen LogP contribution in [0.1, 0.15) is 19.8 Å². The van der Waals surface area contributed by atoms with Crippen LogP contribution in [0, 0.1) is 11.7 Å². The fourth-order valence-corrected chi connectivity index (χ4v) is 3.67. The molecule has 1 aromatic rings. The van der Waals surface area contributed by atoms with Gasteiger partial charge in [-0.15, -0.1) is 0 Å². The molecule has 0 radical (unpaired) electrons. The molecule has 7 nitrogen and oxygen atoms in total. The lowest BCUT2D eigenvalue weighted by Gasteiger charge is -2.37. The monoisotopic (exact) mass is 391 g/mol. The zero-order valence-corrected chi connectivity index (χ0v) is 16.1. The van der Waals surface area contributed by atoms with Gasteiger partial charge in [0.15, 0.2) is 0 Å². The number of halogens is 1. The van der Waals surface area contributed by atoms with E-state index in [9.17, 15) is 18.8 Å². The number of rotatable bonds is 3. The summed E-state index contributed by atoms with van der Waals surface area (Å²) in [5, 5.41) is 0. The second-order valence-electron chi connectivity index (χ2n) is 7.07. The fourth-order valence-electron chi connectivity index (χ4n) is 3.67. The summed E-state index contributed by atoms with van der Waals surface area (Å²) < 4.78 is 18.1. The standard InChI is InChI=1S/C20H26FN3O4/c1-2-28-20(27)15-7-9-23(10-8-15)18(25)19(26)24-13-11-22(12-14-24)17-5-3-16(21)4-6-17/h3-6,15H,2,7-14H2,1H3. The molecule has 28 heavy (non-hydrogen) atoms. The van der Waals surface area contributed by atoms with Crippen molar-refractivity contribution < 1.29 is 23.5 Å². The second-order valence-corrected chi connectivity index (χ2v) is 7.07. The average Bonchev–Trinajstić information content (AvgIpc) is 2.74. The molecule has 2 aliphatic heterocycles. The minimum absolute atomic E-state index is 0.196. The number of piperazine rings is 1. The third kappa shape index (κ3) is 4.61. The van der Waals surface area contributed by atoms with Crippen LogP contribution < -0.4 is 4.90 Å². The van der Waals surface area contributed by atoms with Gasteiger partial charge in [-0.2, -0.15) is 0 Å². The highest BCUT2D eigenvalue weighted by atomic mass is 19.1. The number of benzene rings is 1. The molecule has 2 saturated heterocycles. The van der Waals surface area contributed by atoms with Gasteiger partial charge in [0.25, 0.3) is 0 Å². The van der Waals surface area contributed by atoms with Crippen LogP contribution >= 0.6 is 0 Å². The van der Waals surface area contributed by atoms with E-state index in [1.165, 1.54) is 17.0 Å². The molecule has 0 atom stereocenters. The van der Waals surface area contributed by atoms with Crippen LogP contribution in [0.3, 0.4) is 0 Å². The van der Waals surface area contributed by atoms with E-state index in [0.717, 1.165) is 5.69 Å². The third-order valence-corrected chi connectivity index (χ3v) is 5.34. The number of carbonyl (C=O) groups excluding carboxylic acids is 3. The minimum atomic E-state index is -0.502. The van der Waals surface area contributed by atoms with E-state index in [2.05, 4.69) is 4.90 Å². The molecule has 2 fully saturated rings. The maximum absolute atomic E-state index is 13.1. The van der Waals surface area contributed by atoms with E-state index in [-0.39, 0.29) is 17.7 Å². The van der Waals surface area contributed by atoms with E-state index in [1.807, 2.05) is 0 Å². The summed E-state index contributed by atoms with van der Waals surface area (Å²) in [7, 11) is 0. The van der Waals surface area contributed by atoms with E-state index < -0.39 is 11.8 Å². The van der Waals surface area contributed by atoms with Gasteiger partial charge in [-0.25, -0.2) is 4.39 Å². The molecule has 8 heteroatoms. The van der Waals surface area contributed by atoms with Gasteiger partial charge < -0.3 is 19.4 Å². The fraction of sp³-hybridized carbons (Fsp3) is 0.550. The highest BCUT2D eigenvalue weighted by molar-refractivity contribution is 6.35. The number of ether oxygens (including phenoxy) is 1. The number of nitrogens with zero attached hydrogens (tertiary/aromatic N) is 3. The Bertz CT molecular complexity index is 709. The molecule has 152 valence electrons. The number of hydrogen-bond acceptors (Lipinski definition) is 5. The highest BCUT2D eigenvalue weighted by Gasteiger charge is 2.33. The van der Waals surface area contributed by atoms with Crippen molar-refractivity contribution in [1.82, 2.24) is 9.80 Å². The molecule has 0 saturated carbocycles. The van der Waals surface area contributed by atoms with Crippen LogP contribution in [0.25, 0.3) is 0 Å². The number of hydrogen-bond donors (Lipinski definition) is 0. The Labute approximate surface area is 164 Å². The first-order chi connectivity index (χ1) is 13.5. The number of anilines is 1. The zero-order valence-electron chi connectivity index (χ0n) is 16.1. The largest absolute Gasteiger partial charge is 0.466 e. The first kappa shape index (κ1) is 20.1. The lowest BCUT2D eigenvalue weighted by atomic mass is 9.97. The van der Waals surface area contributed by atoms with Gasteiger partial charge in [-0.05, 0) is 44.0 Å². The van der Waals surface area contributed by atoms with Gasteiger partial charge in [-0.1, -0.05) is 0 Å². The van der Waals surface area contributed by atoms with Crippen molar-refractivity contribution in [3.63, 3.8) is 0 Å². The first-order valence-corrected chi connectivity index (χ1v) is 9.75. The van der Waals surface area contributed by atoms with Crippen LogP contribution in [0.2, 0.25) is 0 Å². The predicted molar refractivity (Wildman–Crippen MR) is 101 cm³/mol. The summed E-state index contributed by atoms with van der Waals surface area (Å²) in [5.41, 5.74) is 0.904. The highest BCUT2D eigenvalue weighted by Crippen LogP contribution is 2.20. The summed E-state index contributed by atoms with van der Waals surface area (Å²) in [6.07, 6.45) is 1.05. The maximum Gasteiger partial charge on any atom is 0.312 e. The van der Waals surface area contributed by atoms with E-state index in [0.29, 0.717) is 58.7 Å². The minimum Gasteiger partial charge on any atom is -0.466 e. The lowest BCUT2D eigenvalue weighted by molar-refractivity contribution is -0.155. The van der Waals surface area contributed by atoms with Crippen molar-refractivity contribution in [1.29, 1.82) is 0 Å². The number of piperidine rings is 1. The smallest absolute Gasteiger partial charge is 0.312 e. The summed E-state index contributed by atoms with van der Waals surface area (Å²) in [5.74, 6) is -1.70. The van der Waals surface area contributed by atoms with Crippen LogP contribution in [0.4, 0.5) is 10.1 Å². The van der Waals surface area contributed by atoms with Crippen molar-refractivity contribution in [3.8, 4) is 0 Å². The normalized spacial score (nSPS) is 18.1. The molecular formula is C20H26FN3O4. The zero-order chi connectivity index (χ0) is 20.1. The lowest BCUT2D eigenvalue weighted by Crippen LogP contribution is -2.54. The van der Waals surface area contributed by atoms with Gasteiger partial charge in [-0.3, -0.25) is 14.4 Å². The van der Waals surface area contributed by atoms with Crippen molar-refractivity contribution in [2.75, 3.05) is 50.8 Å². The second kappa shape index (κ2) is 9.03. The molecule has 0 N–H and O–H groups in total. The molecule has 0 aliphatic carbocycles. The Morgan fingerprint density at radius 3 is 2.00 bits per heavy atom. The Morgan fingerprint density at radius 1 is 0.929 bits per heavy atom. The van der Waals surface area contributed by atoms with Gasteiger partial charge in [0.2, 0.25) is 0 Å².